The summed E-state index contributed by atoms with van der Waals surface area (Å²) in [6.45, 7) is 4.61. The first-order chi connectivity index (χ1) is 19.4. The second kappa shape index (κ2) is 15.3. The molecule has 1 saturated carbocycles. The quantitative estimate of drug-likeness (QED) is 0.288. The van der Waals surface area contributed by atoms with E-state index in [9.17, 15) is 14.7 Å². The van der Waals surface area contributed by atoms with E-state index >= 15 is 0 Å². The van der Waals surface area contributed by atoms with E-state index < -0.39 is 12.0 Å². The van der Waals surface area contributed by atoms with Gasteiger partial charge in [-0.1, -0.05) is 49.6 Å². The monoisotopic (exact) mass is 584 g/mol. The van der Waals surface area contributed by atoms with E-state index in [1.165, 1.54) is 32.1 Å². The maximum absolute atomic E-state index is 13.4. The van der Waals surface area contributed by atoms with Crippen molar-refractivity contribution in [2.45, 2.75) is 81.0 Å². The third-order valence-corrected chi connectivity index (χ3v) is 10.4. The summed E-state index contributed by atoms with van der Waals surface area (Å²) in [4.78, 5) is 27.8. The summed E-state index contributed by atoms with van der Waals surface area (Å²) in [7, 11) is 1.78. The van der Waals surface area contributed by atoms with Crippen LogP contribution in [0, 0.1) is 6.92 Å². The molecule has 0 aromatic heterocycles. The summed E-state index contributed by atoms with van der Waals surface area (Å²) in [6, 6.07) is 13.5. The van der Waals surface area contributed by atoms with Crippen molar-refractivity contribution in [1.82, 2.24) is 10.2 Å². The average Bonchev–Trinajstić information content (AvgIpc) is 3.31. The number of carbonyl (C=O) groups is 2. The number of methoxy groups -OCH3 is 1. The van der Waals surface area contributed by atoms with Gasteiger partial charge in [0.15, 0.2) is 0 Å². The number of ether oxygens (including phenoxy) is 1. The summed E-state index contributed by atoms with van der Waals surface area (Å²) in [5.41, 5.74) is 4.57. The molecule has 0 radical (unpaired) electrons. The minimum absolute atomic E-state index is 0.347. The molecule has 3 atom stereocenters. The van der Waals surface area contributed by atoms with Gasteiger partial charge in [-0.25, -0.2) is 4.79 Å². The number of aliphatic carboxylic acids is 1. The Labute approximate surface area is 248 Å². The molecular formula is C32H44N2O4S2. The number of amides is 1. The van der Waals surface area contributed by atoms with Gasteiger partial charge in [-0.05, 0) is 79.0 Å². The fourth-order valence-corrected chi connectivity index (χ4v) is 8.25. The summed E-state index contributed by atoms with van der Waals surface area (Å²) in [6.07, 6.45) is 10.3. The number of benzene rings is 2. The van der Waals surface area contributed by atoms with Crippen molar-refractivity contribution in [2.75, 3.05) is 32.3 Å². The Bertz CT molecular complexity index is 1140. The first-order valence-electron chi connectivity index (χ1n) is 14.5. The molecule has 2 aliphatic rings. The van der Waals surface area contributed by atoms with Crippen LogP contribution >= 0.6 is 23.5 Å². The zero-order chi connectivity index (χ0) is 28.5. The lowest BCUT2D eigenvalue weighted by Gasteiger charge is -2.25. The molecule has 1 aliphatic heterocycles. The standard InChI is InChI=1S/C32H44N2O4S2/c1-22-9-7-8-12-27(22)29-17-23(13-14-28(29)31(35)33-30(32(36)37)15-16-39-3)19-34-20-26(18-24(34)21-38-2)40-25-10-5-4-6-11-25/h7-9,12-14,17,24-26,30H,4-6,10-11,15-16,18-21H2,1-3H3,(H,33,35)(H,36,37)/t24-,26?,30+/m1/s1. The number of carbonyl (C=O) groups excluding carboxylic acids is 1. The predicted molar refractivity (Wildman–Crippen MR) is 167 cm³/mol. The van der Waals surface area contributed by atoms with Crippen molar-refractivity contribution in [3.8, 4) is 11.1 Å². The molecule has 2 aromatic carbocycles. The van der Waals surface area contributed by atoms with Crippen molar-refractivity contribution < 1.29 is 19.4 Å². The smallest absolute Gasteiger partial charge is 0.326 e. The summed E-state index contributed by atoms with van der Waals surface area (Å²) in [5.74, 6) is -0.685. The lowest BCUT2D eigenvalue weighted by molar-refractivity contribution is -0.139. The number of thioether (sulfide) groups is 2. The number of aryl methyl sites for hydroxylation is 1. The van der Waals surface area contributed by atoms with Crippen LogP contribution in [0.4, 0.5) is 0 Å². The average molecular weight is 585 g/mol. The molecule has 1 heterocycles. The van der Waals surface area contributed by atoms with E-state index in [2.05, 4.69) is 28.0 Å². The van der Waals surface area contributed by atoms with Gasteiger partial charge in [0.05, 0.1) is 6.61 Å². The van der Waals surface area contributed by atoms with Crippen LogP contribution in [0.15, 0.2) is 42.5 Å². The highest BCUT2D eigenvalue weighted by atomic mass is 32.2. The Morgan fingerprint density at radius 2 is 1.88 bits per heavy atom. The minimum Gasteiger partial charge on any atom is -0.480 e. The van der Waals surface area contributed by atoms with E-state index in [0.717, 1.165) is 53.6 Å². The number of hydrogen-bond donors (Lipinski definition) is 2. The number of nitrogens with zero attached hydrogens (tertiary/aromatic N) is 1. The summed E-state index contributed by atoms with van der Waals surface area (Å²) < 4.78 is 5.62. The molecule has 1 aliphatic carbocycles. The van der Waals surface area contributed by atoms with Gasteiger partial charge in [0.2, 0.25) is 0 Å². The third-order valence-electron chi connectivity index (χ3n) is 8.15. The lowest BCUT2D eigenvalue weighted by Crippen LogP contribution is -2.41. The van der Waals surface area contributed by atoms with Crippen molar-refractivity contribution in [2.24, 2.45) is 0 Å². The molecule has 40 heavy (non-hydrogen) atoms. The highest BCUT2D eigenvalue weighted by Crippen LogP contribution is 2.37. The SMILES string of the molecule is COC[C@H]1CC(SC2CCCCC2)CN1Cc1ccc(C(=O)N[C@@H](CCSC)C(=O)O)c(-c2ccccc2C)c1. The zero-order valence-electron chi connectivity index (χ0n) is 24.1. The molecule has 1 amide bonds. The van der Waals surface area contributed by atoms with Gasteiger partial charge in [0, 0.05) is 42.3 Å². The lowest BCUT2D eigenvalue weighted by atomic mass is 9.93. The number of hydrogen-bond acceptors (Lipinski definition) is 6. The largest absolute Gasteiger partial charge is 0.480 e. The molecular weight excluding hydrogens is 540 g/mol. The van der Waals surface area contributed by atoms with Crippen LogP contribution in [0.1, 0.15) is 66.4 Å². The van der Waals surface area contributed by atoms with Crippen molar-refractivity contribution in [3.63, 3.8) is 0 Å². The van der Waals surface area contributed by atoms with Crippen LogP contribution < -0.4 is 5.32 Å². The van der Waals surface area contributed by atoms with Crippen LogP contribution in [-0.4, -0.2) is 76.7 Å². The molecule has 218 valence electrons. The van der Waals surface area contributed by atoms with Crippen molar-refractivity contribution in [1.29, 1.82) is 0 Å². The molecule has 8 heteroatoms. The van der Waals surface area contributed by atoms with Crippen LogP contribution in [0.25, 0.3) is 11.1 Å². The van der Waals surface area contributed by atoms with Gasteiger partial charge in [0.1, 0.15) is 6.04 Å². The summed E-state index contributed by atoms with van der Waals surface area (Å²) >= 11 is 3.77. The van der Waals surface area contributed by atoms with Gasteiger partial charge < -0.3 is 15.2 Å². The molecule has 1 saturated heterocycles. The maximum atomic E-state index is 13.4. The number of carboxylic acid groups (broad SMARTS) is 1. The highest BCUT2D eigenvalue weighted by Gasteiger charge is 2.34. The predicted octanol–water partition coefficient (Wildman–Crippen LogP) is 6.25. The summed E-state index contributed by atoms with van der Waals surface area (Å²) in [5, 5.41) is 13.9. The van der Waals surface area contributed by atoms with E-state index in [4.69, 9.17) is 4.74 Å². The second-order valence-electron chi connectivity index (χ2n) is 11.1. The first-order valence-corrected chi connectivity index (χ1v) is 16.8. The Morgan fingerprint density at radius 1 is 1.10 bits per heavy atom. The van der Waals surface area contributed by atoms with Gasteiger partial charge >= 0.3 is 5.97 Å². The van der Waals surface area contributed by atoms with Crippen LogP contribution in [-0.2, 0) is 16.1 Å². The molecule has 2 aromatic rings. The molecule has 6 nitrogen and oxygen atoms in total. The third kappa shape index (κ3) is 8.28. The molecule has 2 fully saturated rings. The van der Waals surface area contributed by atoms with Gasteiger partial charge in [-0.3, -0.25) is 9.69 Å². The van der Waals surface area contributed by atoms with Crippen molar-refractivity contribution in [3.05, 3.63) is 59.2 Å². The Hall–Kier alpha value is -2.00. The van der Waals surface area contributed by atoms with Crippen LogP contribution in [0.5, 0.6) is 0 Å². The minimum atomic E-state index is -1.00. The molecule has 0 bridgehead atoms. The zero-order valence-corrected chi connectivity index (χ0v) is 25.7. The van der Waals surface area contributed by atoms with E-state index in [0.29, 0.717) is 29.0 Å². The second-order valence-corrected chi connectivity index (χ2v) is 13.7. The topological polar surface area (TPSA) is 78.9 Å². The Morgan fingerprint density at radius 3 is 2.58 bits per heavy atom. The maximum Gasteiger partial charge on any atom is 0.326 e. The van der Waals surface area contributed by atoms with Gasteiger partial charge in [0.25, 0.3) is 5.91 Å². The van der Waals surface area contributed by atoms with E-state index in [1.807, 2.05) is 49.6 Å². The Kier molecular flexibility index (Phi) is 11.8. The van der Waals surface area contributed by atoms with Crippen molar-refractivity contribution >= 4 is 35.4 Å². The molecule has 4 rings (SSSR count). The number of nitrogens with one attached hydrogen (secondary N) is 1. The highest BCUT2D eigenvalue weighted by molar-refractivity contribution is 8.00. The van der Waals surface area contributed by atoms with E-state index in [-0.39, 0.29) is 5.91 Å². The first kappa shape index (κ1) is 30.9. The number of likely N-dealkylation sites (tertiary alicyclic amines) is 1. The van der Waals surface area contributed by atoms with Crippen LogP contribution in [0.3, 0.4) is 0 Å². The Balaban J connectivity index is 1.56. The molecule has 2 N–H and O–H groups in total. The normalized spacial score (nSPS) is 20.9. The molecule has 0 spiro atoms. The molecule has 1 unspecified atom stereocenters. The fourth-order valence-electron chi connectivity index (χ4n) is 6.02. The van der Waals surface area contributed by atoms with Crippen LogP contribution in [0.2, 0.25) is 0 Å². The van der Waals surface area contributed by atoms with Gasteiger partial charge in [-0.2, -0.15) is 23.5 Å². The van der Waals surface area contributed by atoms with E-state index in [1.54, 1.807) is 18.9 Å². The number of rotatable bonds is 13. The fraction of sp³-hybridized carbons (Fsp3) is 0.562. The number of carboxylic acids is 1. The van der Waals surface area contributed by atoms with Gasteiger partial charge in [-0.15, -0.1) is 0 Å².